The van der Waals surface area contributed by atoms with E-state index in [1.165, 1.54) is 20.3 Å². The summed E-state index contributed by atoms with van der Waals surface area (Å²) in [6, 6.07) is 0. The summed E-state index contributed by atoms with van der Waals surface area (Å²) in [6.45, 7) is 1.54. The predicted octanol–water partition coefficient (Wildman–Crippen LogP) is -0.627. The Bertz CT molecular complexity index is 432. The second-order valence-electron chi connectivity index (χ2n) is 3.79. The van der Waals surface area contributed by atoms with Gasteiger partial charge in [-0.25, -0.2) is 4.79 Å². The third-order valence-electron chi connectivity index (χ3n) is 2.29. The fourth-order valence-corrected chi connectivity index (χ4v) is 1.23. The lowest BCUT2D eigenvalue weighted by Gasteiger charge is -2.14. The summed E-state index contributed by atoms with van der Waals surface area (Å²) in [4.78, 5) is 22.5. The molecule has 126 valence electrons. The number of rotatable bonds is 11. The normalized spacial score (nSPS) is 12.4. The van der Waals surface area contributed by atoms with E-state index in [4.69, 9.17) is 35.2 Å². The van der Waals surface area contributed by atoms with Gasteiger partial charge in [-0.15, -0.1) is 0 Å². The molecule has 0 aromatic carbocycles. The lowest BCUT2D eigenvalue weighted by molar-refractivity contribution is -0.159. The third-order valence-corrected chi connectivity index (χ3v) is 2.29. The van der Waals surface area contributed by atoms with Crippen molar-refractivity contribution in [1.29, 1.82) is 0 Å². The molecule has 0 saturated heterocycles. The highest BCUT2D eigenvalue weighted by Crippen LogP contribution is 2.15. The minimum atomic E-state index is -0.888. The Balaban J connectivity index is 4.46. The maximum absolute atomic E-state index is 11.3. The van der Waals surface area contributed by atoms with Crippen molar-refractivity contribution >= 4 is 11.9 Å². The molecular formula is C13H22N2O7. The van der Waals surface area contributed by atoms with E-state index in [-0.39, 0.29) is 30.4 Å². The Morgan fingerprint density at radius 3 is 2.27 bits per heavy atom. The smallest absolute Gasteiger partial charge is 0.334 e. The Hall–Kier alpha value is -2.26. The van der Waals surface area contributed by atoms with Crippen molar-refractivity contribution in [2.24, 2.45) is 11.5 Å². The molecule has 0 rings (SSSR count). The highest BCUT2D eigenvalue weighted by Gasteiger charge is 2.16. The second-order valence-corrected chi connectivity index (χ2v) is 3.79. The number of carbonyl (C=O) groups excluding carboxylic acids is 2. The summed E-state index contributed by atoms with van der Waals surface area (Å²) in [6.07, 6.45) is 1.51. The van der Waals surface area contributed by atoms with E-state index in [1.807, 2.05) is 0 Å². The van der Waals surface area contributed by atoms with Crippen LogP contribution in [0.25, 0.3) is 0 Å². The van der Waals surface area contributed by atoms with E-state index < -0.39 is 18.7 Å². The maximum atomic E-state index is 11.3. The number of hydrogen-bond donors (Lipinski definition) is 2. The predicted molar refractivity (Wildman–Crippen MR) is 75.9 cm³/mol. The van der Waals surface area contributed by atoms with E-state index in [0.29, 0.717) is 6.61 Å². The van der Waals surface area contributed by atoms with Crippen LogP contribution in [0.15, 0.2) is 23.3 Å². The fraction of sp³-hybridized carbons (Fsp3) is 0.538. The number of allylic oxidation sites excluding steroid dienone is 1. The first-order valence-corrected chi connectivity index (χ1v) is 6.33. The molecule has 1 amide bonds. The summed E-state index contributed by atoms with van der Waals surface area (Å²) >= 11 is 0. The van der Waals surface area contributed by atoms with E-state index in [2.05, 4.69) is 0 Å². The van der Waals surface area contributed by atoms with Crippen LogP contribution in [0.3, 0.4) is 0 Å². The molecule has 0 heterocycles. The molecule has 0 bridgehead atoms. The lowest BCUT2D eigenvalue weighted by Crippen LogP contribution is -2.25. The van der Waals surface area contributed by atoms with E-state index >= 15 is 0 Å². The van der Waals surface area contributed by atoms with Crippen LogP contribution in [0.5, 0.6) is 0 Å². The lowest BCUT2D eigenvalue weighted by atomic mass is 10.3. The van der Waals surface area contributed by atoms with E-state index in [9.17, 15) is 9.59 Å². The molecule has 0 saturated carbocycles. The SMILES string of the molecule is C/C=C(OC)\C(OCOC(=O)COCCOC)=C(/N)C(N)=O. The van der Waals surface area contributed by atoms with Gasteiger partial charge in [-0.2, -0.15) is 0 Å². The van der Waals surface area contributed by atoms with Crippen molar-refractivity contribution in [2.75, 3.05) is 40.8 Å². The van der Waals surface area contributed by atoms with Crippen molar-refractivity contribution in [1.82, 2.24) is 0 Å². The Morgan fingerprint density at radius 2 is 1.77 bits per heavy atom. The maximum Gasteiger partial charge on any atom is 0.334 e. The van der Waals surface area contributed by atoms with Gasteiger partial charge in [0.15, 0.2) is 11.5 Å². The molecule has 0 radical (unpaired) electrons. The number of amides is 1. The van der Waals surface area contributed by atoms with Crippen LogP contribution in [0.2, 0.25) is 0 Å². The van der Waals surface area contributed by atoms with Gasteiger partial charge in [0.2, 0.25) is 6.79 Å². The van der Waals surface area contributed by atoms with Gasteiger partial charge >= 0.3 is 5.97 Å². The average molecular weight is 318 g/mol. The first-order valence-electron chi connectivity index (χ1n) is 6.33. The Morgan fingerprint density at radius 1 is 1.09 bits per heavy atom. The zero-order valence-corrected chi connectivity index (χ0v) is 12.9. The summed E-state index contributed by atoms with van der Waals surface area (Å²) in [5.41, 5.74) is 10.3. The minimum absolute atomic E-state index is 0.106. The molecule has 0 aliphatic carbocycles. The van der Waals surface area contributed by atoms with Crippen molar-refractivity contribution in [3.8, 4) is 0 Å². The number of carbonyl (C=O) groups is 2. The zero-order chi connectivity index (χ0) is 17.0. The minimum Gasteiger partial charge on any atom is -0.493 e. The molecule has 9 nitrogen and oxygen atoms in total. The first-order chi connectivity index (χ1) is 10.5. The van der Waals surface area contributed by atoms with Crippen LogP contribution in [-0.4, -0.2) is 52.7 Å². The second kappa shape index (κ2) is 11.4. The molecule has 0 atom stereocenters. The number of methoxy groups -OCH3 is 2. The van der Waals surface area contributed by atoms with Gasteiger partial charge in [0.1, 0.15) is 12.3 Å². The largest absolute Gasteiger partial charge is 0.493 e. The molecule has 0 fully saturated rings. The number of nitrogens with two attached hydrogens (primary N) is 2. The van der Waals surface area contributed by atoms with Crippen LogP contribution in [0.1, 0.15) is 6.92 Å². The molecule has 0 aliphatic heterocycles. The van der Waals surface area contributed by atoms with Crippen LogP contribution in [0.4, 0.5) is 0 Å². The highest BCUT2D eigenvalue weighted by molar-refractivity contribution is 5.92. The number of primary amides is 1. The number of ether oxygens (including phenoxy) is 5. The molecule has 0 aliphatic rings. The number of hydrogen-bond acceptors (Lipinski definition) is 8. The van der Waals surface area contributed by atoms with Crippen molar-refractivity contribution in [3.63, 3.8) is 0 Å². The summed E-state index contributed by atoms with van der Waals surface area (Å²) in [5.74, 6) is -1.46. The molecule has 0 unspecified atom stereocenters. The van der Waals surface area contributed by atoms with Gasteiger partial charge in [0, 0.05) is 7.11 Å². The van der Waals surface area contributed by atoms with Crippen molar-refractivity contribution in [2.45, 2.75) is 6.92 Å². The Labute approximate surface area is 128 Å². The molecule has 0 aromatic rings. The fourth-order valence-electron chi connectivity index (χ4n) is 1.23. The average Bonchev–Trinajstić information content (AvgIpc) is 2.50. The van der Waals surface area contributed by atoms with Crippen LogP contribution < -0.4 is 11.5 Å². The molecular weight excluding hydrogens is 296 g/mol. The van der Waals surface area contributed by atoms with Gasteiger partial charge in [-0.05, 0) is 13.0 Å². The molecule has 4 N–H and O–H groups in total. The van der Waals surface area contributed by atoms with Crippen LogP contribution in [0, 0.1) is 0 Å². The monoisotopic (exact) mass is 318 g/mol. The molecule has 0 spiro atoms. The summed E-state index contributed by atoms with van der Waals surface area (Å²) < 4.78 is 24.6. The summed E-state index contributed by atoms with van der Waals surface area (Å²) in [5, 5.41) is 0. The number of esters is 1. The molecule has 9 heteroatoms. The van der Waals surface area contributed by atoms with E-state index in [1.54, 1.807) is 6.92 Å². The van der Waals surface area contributed by atoms with Crippen LogP contribution in [-0.2, 0) is 33.3 Å². The Kier molecular flexibility index (Phi) is 10.2. The first kappa shape index (κ1) is 19.7. The highest BCUT2D eigenvalue weighted by atomic mass is 16.7. The standard InChI is InChI=1S/C13H22N2O7/c1-4-9(19-3)12(11(14)13(15)17)22-8-21-10(16)7-20-6-5-18-2/h4H,5-8,14H2,1-3H3,(H2,15,17)/b9-4+,12-11+. The van der Waals surface area contributed by atoms with Crippen LogP contribution >= 0.6 is 0 Å². The van der Waals surface area contributed by atoms with Crippen molar-refractivity contribution in [3.05, 3.63) is 23.3 Å². The molecule has 0 aromatic heterocycles. The topological polar surface area (TPSA) is 132 Å². The zero-order valence-electron chi connectivity index (χ0n) is 12.9. The van der Waals surface area contributed by atoms with Gasteiger partial charge in [-0.3, -0.25) is 4.79 Å². The van der Waals surface area contributed by atoms with Crippen molar-refractivity contribution < 1.29 is 33.3 Å². The third kappa shape index (κ3) is 7.50. The summed E-state index contributed by atoms with van der Waals surface area (Å²) in [7, 11) is 2.88. The van der Waals surface area contributed by atoms with Gasteiger partial charge in [-0.1, -0.05) is 0 Å². The quantitative estimate of drug-likeness (QED) is 0.128. The van der Waals surface area contributed by atoms with Gasteiger partial charge in [0.05, 0.1) is 20.3 Å². The van der Waals surface area contributed by atoms with E-state index in [0.717, 1.165) is 0 Å². The van der Waals surface area contributed by atoms with Gasteiger partial charge < -0.3 is 35.2 Å². The van der Waals surface area contributed by atoms with Gasteiger partial charge in [0.25, 0.3) is 5.91 Å². The molecule has 22 heavy (non-hydrogen) atoms.